The first kappa shape index (κ1) is 22.8. The maximum Gasteiger partial charge on any atom is 0.330 e. The van der Waals surface area contributed by atoms with Crippen molar-refractivity contribution < 1.29 is 28.9 Å². The van der Waals surface area contributed by atoms with Crippen LogP contribution in [0.3, 0.4) is 0 Å². The Balaban J connectivity index is 2.28. The Kier molecular flexibility index (Phi) is 8.11. The number of aliphatic hydroxyl groups is 1. The summed E-state index contributed by atoms with van der Waals surface area (Å²) in [6.45, 7) is 4.47. The van der Waals surface area contributed by atoms with Crippen molar-refractivity contribution >= 4 is 11.9 Å². The Bertz CT molecular complexity index is 813. The van der Waals surface area contributed by atoms with Crippen molar-refractivity contribution in [3.63, 3.8) is 0 Å². The van der Waals surface area contributed by atoms with Gasteiger partial charge in [0.05, 0.1) is 39.0 Å². The van der Waals surface area contributed by atoms with Crippen LogP contribution in [0.15, 0.2) is 15.8 Å². The lowest BCUT2D eigenvalue weighted by molar-refractivity contribution is -0.150. The van der Waals surface area contributed by atoms with Gasteiger partial charge in [-0.25, -0.2) is 4.79 Å². The van der Waals surface area contributed by atoms with Crippen LogP contribution in [0.4, 0.5) is 0 Å². The van der Waals surface area contributed by atoms with Gasteiger partial charge in [-0.1, -0.05) is 0 Å². The first-order valence-electron chi connectivity index (χ1n) is 9.44. The highest BCUT2D eigenvalue weighted by Crippen LogP contribution is 2.31. The third-order valence-electron chi connectivity index (χ3n) is 4.58. The summed E-state index contributed by atoms with van der Waals surface area (Å²) in [5.41, 5.74) is -0.817. The molecular formula is C18H27N3O8. The van der Waals surface area contributed by atoms with E-state index in [0.717, 1.165) is 0 Å². The minimum Gasteiger partial charge on any atom is -0.465 e. The molecule has 0 aromatic carbocycles. The number of nitrogens with one attached hydrogen (secondary N) is 1. The molecule has 0 saturated carbocycles. The van der Waals surface area contributed by atoms with Gasteiger partial charge in [0.25, 0.3) is 5.56 Å². The SMILES string of the molecule is CCOC(=O)CN(CC(=O)OCC)[C@H]1C[C@H](n2cc(C)c(=O)[nH]c2=O)O[C@@H]1CO. The molecule has 2 rings (SSSR count). The molecule has 0 aliphatic carbocycles. The smallest absolute Gasteiger partial charge is 0.330 e. The molecule has 1 aromatic heterocycles. The summed E-state index contributed by atoms with van der Waals surface area (Å²) in [7, 11) is 0. The zero-order chi connectivity index (χ0) is 21.6. The van der Waals surface area contributed by atoms with Crippen LogP contribution in [0.1, 0.15) is 32.1 Å². The zero-order valence-corrected chi connectivity index (χ0v) is 16.8. The van der Waals surface area contributed by atoms with E-state index in [9.17, 15) is 24.3 Å². The third kappa shape index (κ3) is 5.75. The molecule has 0 amide bonds. The number of nitrogens with zero attached hydrogens (tertiary/aromatic N) is 2. The molecule has 0 bridgehead atoms. The summed E-state index contributed by atoms with van der Waals surface area (Å²) in [5.74, 6) is -1.07. The van der Waals surface area contributed by atoms with E-state index in [-0.39, 0.29) is 39.3 Å². The molecule has 29 heavy (non-hydrogen) atoms. The molecule has 0 radical (unpaired) electrons. The number of H-pyrrole nitrogens is 1. The van der Waals surface area contributed by atoms with E-state index in [0.29, 0.717) is 5.56 Å². The highest BCUT2D eigenvalue weighted by atomic mass is 16.5. The summed E-state index contributed by atoms with van der Waals surface area (Å²) in [4.78, 5) is 51.5. The van der Waals surface area contributed by atoms with Crippen molar-refractivity contribution in [2.45, 2.75) is 45.6 Å². The second kappa shape index (κ2) is 10.3. The lowest BCUT2D eigenvalue weighted by atomic mass is 10.1. The van der Waals surface area contributed by atoms with Crippen molar-refractivity contribution in [2.75, 3.05) is 32.9 Å². The van der Waals surface area contributed by atoms with Crippen molar-refractivity contribution in [2.24, 2.45) is 0 Å². The van der Waals surface area contributed by atoms with Gasteiger partial charge in [-0.15, -0.1) is 0 Å². The van der Waals surface area contributed by atoms with E-state index in [1.54, 1.807) is 20.8 Å². The molecule has 2 heterocycles. The van der Waals surface area contributed by atoms with Crippen LogP contribution in [-0.2, 0) is 23.8 Å². The van der Waals surface area contributed by atoms with Gasteiger partial charge in [-0.2, -0.15) is 0 Å². The van der Waals surface area contributed by atoms with Gasteiger partial charge in [0.1, 0.15) is 6.23 Å². The lowest BCUT2D eigenvalue weighted by Gasteiger charge is -2.29. The van der Waals surface area contributed by atoms with Gasteiger partial charge in [0, 0.05) is 24.2 Å². The highest BCUT2D eigenvalue weighted by Gasteiger charge is 2.41. The Morgan fingerprint density at radius 2 is 1.83 bits per heavy atom. The average Bonchev–Trinajstić information content (AvgIpc) is 3.08. The molecule has 3 atom stereocenters. The summed E-state index contributed by atoms with van der Waals surface area (Å²) in [6, 6.07) is -0.557. The van der Waals surface area contributed by atoms with Crippen LogP contribution < -0.4 is 11.2 Å². The second-order valence-corrected chi connectivity index (χ2v) is 6.61. The maximum atomic E-state index is 12.2. The molecular weight excluding hydrogens is 386 g/mol. The standard InChI is InChI=1S/C18H27N3O8/c1-4-27-15(23)8-20(9-16(24)28-5-2)12-6-14(29-13(12)10-22)21-7-11(3)17(25)19-18(21)26/h7,12-14,22H,4-6,8-10H2,1-3H3,(H,19,25,26)/t12-,13+,14+/m0/s1. The van der Waals surface area contributed by atoms with Crippen molar-refractivity contribution in [3.05, 3.63) is 32.6 Å². The average molecular weight is 413 g/mol. The van der Waals surface area contributed by atoms with Crippen LogP contribution >= 0.6 is 0 Å². The van der Waals surface area contributed by atoms with Crippen LogP contribution in [0.2, 0.25) is 0 Å². The van der Waals surface area contributed by atoms with Crippen LogP contribution in [0.25, 0.3) is 0 Å². The van der Waals surface area contributed by atoms with Crippen molar-refractivity contribution in [1.29, 1.82) is 0 Å². The third-order valence-corrected chi connectivity index (χ3v) is 4.58. The predicted octanol–water partition coefficient (Wildman–Crippen LogP) is -1.08. The second-order valence-electron chi connectivity index (χ2n) is 6.61. The Morgan fingerprint density at radius 3 is 2.34 bits per heavy atom. The molecule has 1 saturated heterocycles. The number of hydrogen-bond donors (Lipinski definition) is 2. The van der Waals surface area contributed by atoms with Crippen LogP contribution in [0, 0.1) is 6.92 Å². The zero-order valence-electron chi connectivity index (χ0n) is 16.8. The number of esters is 2. The quantitative estimate of drug-likeness (QED) is 0.484. The first-order valence-corrected chi connectivity index (χ1v) is 9.44. The Labute approximate surface area is 167 Å². The van der Waals surface area contributed by atoms with Gasteiger partial charge in [0.2, 0.25) is 0 Å². The van der Waals surface area contributed by atoms with Gasteiger partial charge < -0.3 is 19.3 Å². The summed E-state index contributed by atoms with van der Waals surface area (Å²) in [6.07, 6.45) is 0.0362. The first-order chi connectivity index (χ1) is 13.8. The molecule has 0 spiro atoms. The number of aryl methyl sites for hydroxylation is 1. The fraction of sp³-hybridized carbons (Fsp3) is 0.667. The van der Waals surface area contributed by atoms with E-state index in [1.807, 2.05) is 0 Å². The van der Waals surface area contributed by atoms with Gasteiger partial charge >= 0.3 is 17.6 Å². The number of aromatic nitrogens is 2. The number of hydrogen-bond acceptors (Lipinski definition) is 9. The van der Waals surface area contributed by atoms with E-state index < -0.39 is 41.6 Å². The minimum atomic E-state index is -0.785. The van der Waals surface area contributed by atoms with E-state index in [4.69, 9.17) is 14.2 Å². The summed E-state index contributed by atoms with van der Waals surface area (Å²) in [5, 5.41) is 9.76. The molecule has 1 aliphatic rings. The van der Waals surface area contributed by atoms with Gasteiger partial charge in [-0.05, 0) is 20.8 Å². The highest BCUT2D eigenvalue weighted by molar-refractivity contribution is 5.75. The fourth-order valence-electron chi connectivity index (χ4n) is 3.27. The lowest BCUT2D eigenvalue weighted by Crippen LogP contribution is -2.47. The van der Waals surface area contributed by atoms with Crippen LogP contribution in [-0.4, -0.2) is 76.6 Å². The number of aromatic amines is 1. The monoisotopic (exact) mass is 413 g/mol. The number of carbonyl (C=O) groups is 2. The molecule has 162 valence electrons. The topological polar surface area (TPSA) is 140 Å². The van der Waals surface area contributed by atoms with E-state index in [1.165, 1.54) is 15.7 Å². The van der Waals surface area contributed by atoms with E-state index >= 15 is 0 Å². The maximum absolute atomic E-state index is 12.2. The van der Waals surface area contributed by atoms with Crippen molar-refractivity contribution in [1.82, 2.24) is 14.5 Å². The van der Waals surface area contributed by atoms with E-state index in [2.05, 4.69) is 4.98 Å². The Hall–Kier alpha value is -2.50. The fourth-order valence-corrected chi connectivity index (χ4v) is 3.27. The molecule has 11 heteroatoms. The van der Waals surface area contributed by atoms with Gasteiger partial charge in [0.15, 0.2) is 0 Å². The Morgan fingerprint density at radius 1 is 1.24 bits per heavy atom. The number of carbonyl (C=O) groups excluding carboxylic acids is 2. The normalized spacial score (nSPS) is 21.3. The minimum absolute atomic E-state index is 0.186. The molecule has 2 N–H and O–H groups in total. The molecule has 0 unspecified atom stereocenters. The summed E-state index contributed by atoms with van der Waals surface area (Å²) >= 11 is 0. The molecule has 1 aromatic rings. The molecule has 11 nitrogen and oxygen atoms in total. The summed E-state index contributed by atoms with van der Waals surface area (Å²) < 4.78 is 17.0. The number of rotatable bonds is 9. The van der Waals surface area contributed by atoms with Crippen LogP contribution in [0.5, 0.6) is 0 Å². The number of aliphatic hydroxyl groups excluding tert-OH is 1. The van der Waals surface area contributed by atoms with Crippen molar-refractivity contribution in [3.8, 4) is 0 Å². The number of ether oxygens (including phenoxy) is 3. The molecule has 1 aliphatic heterocycles. The predicted molar refractivity (Wildman–Crippen MR) is 100 cm³/mol. The molecule has 1 fully saturated rings. The van der Waals surface area contributed by atoms with Gasteiger partial charge in [-0.3, -0.25) is 28.8 Å². The largest absolute Gasteiger partial charge is 0.465 e.